The summed E-state index contributed by atoms with van der Waals surface area (Å²) in [5.74, 6) is 0.610. The van der Waals surface area contributed by atoms with Crippen LogP contribution < -0.4 is 10.1 Å². The second-order valence-electron chi connectivity index (χ2n) is 10.1. The molecule has 0 bridgehead atoms. The van der Waals surface area contributed by atoms with Gasteiger partial charge in [0.05, 0.1) is 42.9 Å². The average Bonchev–Trinajstić information content (AvgIpc) is 3.49. The summed E-state index contributed by atoms with van der Waals surface area (Å²) in [5.41, 5.74) is 2.23. The van der Waals surface area contributed by atoms with Crippen LogP contribution in [0.1, 0.15) is 56.8 Å². The molecule has 1 aromatic carbocycles. The van der Waals surface area contributed by atoms with Crippen LogP contribution in [0.3, 0.4) is 0 Å². The van der Waals surface area contributed by atoms with Crippen molar-refractivity contribution in [2.45, 2.75) is 70.7 Å². The fourth-order valence-corrected chi connectivity index (χ4v) is 4.82. The molecule has 2 aromatic heterocycles. The molecule has 38 heavy (non-hydrogen) atoms. The van der Waals surface area contributed by atoms with Crippen molar-refractivity contribution in [3.8, 4) is 17.0 Å². The van der Waals surface area contributed by atoms with Gasteiger partial charge < -0.3 is 20.3 Å². The normalized spacial score (nSPS) is 19.7. The summed E-state index contributed by atoms with van der Waals surface area (Å²) >= 11 is 0. The van der Waals surface area contributed by atoms with E-state index in [2.05, 4.69) is 22.1 Å². The van der Waals surface area contributed by atoms with Gasteiger partial charge in [0.2, 0.25) is 0 Å². The molecule has 1 aliphatic rings. The monoisotopic (exact) mass is 524 g/mol. The highest BCUT2D eigenvalue weighted by Crippen LogP contribution is 2.35. The maximum atomic E-state index is 14.1. The molecule has 9 nitrogen and oxygen atoms in total. The van der Waals surface area contributed by atoms with Crippen molar-refractivity contribution in [3.05, 3.63) is 59.6 Å². The summed E-state index contributed by atoms with van der Waals surface area (Å²) in [7, 11) is 0. The molecule has 0 aliphatic heterocycles. The van der Waals surface area contributed by atoms with Crippen LogP contribution in [0.15, 0.2) is 47.5 Å². The Morgan fingerprint density at radius 1 is 1.32 bits per heavy atom. The number of ether oxygens (including phenoxy) is 1. The third-order valence-corrected chi connectivity index (χ3v) is 6.87. The first-order valence-corrected chi connectivity index (χ1v) is 13.0. The minimum atomic E-state index is -1.27. The third kappa shape index (κ3) is 6.31. The van der Waals surface area contributed by atoms with Gasteiger partial charge in [0.25, 0.3) is 0 Å². The molecule has 0 spiro atoms. The Labute approximate surface area is 222 Å². The number of aliphatic imine (C=N–C) groups is 1. The van der Waals surface area contributed by atoms with E-state index in [1.807, 2.05) is 30.8 Å². The number of hydrogen-bond acceptors (Lipinski definition) is 7. The fraction of sp³-hybridized carbons (Fsp3) is 0.464. The molecule has 0 saturated heterocycles. The second kappa shape index (κ2) is 11.9. The predicted octanol–water partition coefficient (Wildman–Crippen LogP) is 4.11. The predicted molar refractivity (Wildman–Crippen MR) is 145 cm³/mol. The van der Waals surface area contributed by atoms with Crippen molar-refractivity contribution in [2.24, 2.45) is 4.99 Å². The van der Waals surface area contributed by atoms with Crippen molar-refractivity contribution in [2.75, 3.05) is 13.2 Å². The number of aromatic nitrogens is 4. The highest BCUT2D eigenvalue weighted by atomic mass is 19.1. The van der Waals surface area contributed by atoms with E-state index in [4.69, 9.17) is 9.84 Å². The molecule has 3 aromatic rings. The third-order valence-electron chi connectivity index (χ3n) is 6.87. The lowest BCUT2D eigenvalue weighted by Crippen LogP contribution is -2.34. The number of rotatable bonds is 11. The number of benzene rings is 1. The number of nitrogens with zero attached hydrogens (tertiary/aromatic N) is 5. The van der Waals surface area contributed by atoms with E-state index in [1.54, 1.807) is 36.0 Å². The molecule has 204 valence electrons. The van der Waals surface area contributed by atoms with Crippen LogP contribution in [0.25, 0.3) is 17.3 Å². The molecule has 0 amide bonds. The Hall–Kier alpha value is -3.50. The van der Waals surface area contributed by atoms with Crippen LogP contribution in [-0.2, 0) is 6.54 Å². The molecule has 1 saturated carbocycles. The lowest BCUT2D eigenvalue weighted by molar-refractivity contribution is -0.0145. The highest BCUT2D eigenvalue weighted by molar-refractivity contribution is 5.68. The van der Waals surface area contributed by atoms with Crippen LogP contribution in [0.2, 0.25) is 0 Å². The maximum Gasteiger partial charge on any atom is 0.165 e. The Bertz CT molecular complexity index is 1270. The van der Waals surface area contributed by atoms with Crippen LogP contribution in [0, 0.1) is 12.7 Å². The first-order chi connectivity index (χ1) is 18.2. The molecular weight excluding hydrogens is 487 g/mol. The fourth-order valence-electron chi connectivity index (χ4n) is 4.82. The van der Waals surface area contributed by atoms with Gasteiger partial charge in [-0.05, 0) is 65.3 Å². The summed E-state index contributed by atoms with van der Waals surface area (Å²) < 4.78 is 23.7. The Morgan fingerprint density at radius 2 is 2.05 bits per heavy atom. The topological polar surface area (TPSA) is 110 Å². The van der Waals surface area contributed by atoms with E-state index >= 15 is 0 Å². The van der Waals surface area contributed by atoms with Crippen molar-refractivity contribution >= 4 is 12.8 Å². The Morgan fingerprint density at radius 3 is 2.71 bits per heavy atom. The van der Waals surface area contributed by atoms with Gasteiger partial charge in [-0.15, -0.1) is 0 Å². The minimum Gasteiger partial charge on any atom is -0.487 e. The quantitative estimate of drug-likeness (QED) is 0.326. The summed E-state index contributed by atoms with van der Waals surface area (Å²) in [6, 6.07) is 6.64. The lowest BCUT2D eigenvalue weighted by atomic mass is 9.92. The molecule has 1 atom stereocenters. The zero-order valence-corrected chi connectivity index (χ0v) is 22.3. The van der Waals surface area contributed by atoms with Gasteiger partial charge in [-0.3, -0.25) is 9.36 Å². The number of aliphatic hydroxyl groups excluding tert-OH is 1. The van der Waals surface area contributed by atoms with E-state index in [1.165, 1.54) is 6.07 Å². The molecule has 4 rings (SSSR count). The molecule has 1 unspecified atom stereocenters. The SMILES string of the molecule is C=N/C(=C\c1c(C)c(-c2cnn(CC(C)(O)CO)c2)nn1[C@H]1CC[C@@H](Oc2ccccc2F)CC1)NCC. The van der Waals surface area contributed by atoms with Gasteiger partial charge >= 0.3 is 0 Å². The van der Waals surface area contributed by atoms with Gasteiger partial charge in [-0.2, -0.15) is 10.2 Å². The molecule has 3 N–H and O–H groups in total. The number of hydrogen-bond donors (Lipinski definition) is 3. The van der Waals surface area contributed by atoms with Gasteiger partial charge in [0, 0.05) is 29.9 Å². The molecule has 1 fully saturated rings. The second-order valence-corrected chi connectivity index (χ2v) is 10.1. The van der Waals surface area contributed by atoms with E-state index in [0.717, 1.165) is 48.2 Å². The number of para-hydroxylation sites is 1. The Kier molecular flexibility index (Phi) is 8.63. The van der Waals surface area contributed by atoms with E-state index < -0.39 is 5.60 Å². The first kappa shape index (κ1) is 27.5. The van der Waals surface area contributed by atoms with Crippen molar-refractivity contribution in [3.63, 3.8) is 0 Å². The lowest BCUT2D eigenvalue weighted by Gasteiger charge is -2.30. The van der Waals surface area contributed by atoms with E-state index in [-0.39, 0.29) is 31.1 Å². The van der Waals surface area contributed by atoms with Crippen LogP contribution in [0.5, 0.6) is 5.75 Å². The first-order valence-electron chi connectivity index (χ1n) is 13.0. The largest absolute Gasteiger partial charge is 0.487 e. The smallest absolute Gasteiger partial charge is 0.165 e. The maximum absolute atomic E-state index is 14.1. The summed E-state index contributed by atoms with van der Waals surface area (Å²) in [4.78, 5) is 4.14. The van der Waals surface area contributed by atoms with Gasteiger partial charge in [-0.25, -0.2) is 9.38 Å². The summed E-state index contributed by atoms with van der Waals surface area (Å²) in [6.07, 6.45) is 8.68. The molecule has 2 heterocycles. The standard InChI is InChI=1S/C28H37FN6O3/c1-5-31-26(30-4)14-24-19(2)27(20-15-32-34(16-20)17-28(3,37)18-36)33-35(24)21-10-12-22(13-11-21)38-25-9-7-6-8-23(25)29/h6-9,14-16,21-22,31,36-37H,4-5,10-13,17-18H2,1-3H3/b26-14+/t21-,22+,28?. The van der Waals surface area contributed by atoms with Gasteiger partial charge in [-0.1, -0.05) is 12.1 Å². The highest BCUT2D eigenvalue weighted by Gasteiger charge is 2.28. The molecule has 0 radical (unpaired) electrons. The molecular formula is C28H37FN6O3. The number of nitrogens with one attached hydrogen (secondary N) is 1. The van der Waals surface area contributed by atoms with Crippen molar-refractivity contribution in [1.29, 1.82) is 0 Å². The van der Waals surface area contributed by atoms with Gasteiger partial charge in [0.15, 0.2) is 11.6 Å². The van der Waals surface area contributed by atoms with E-state index in [9.17, 15) is 14.6 Å². The zero-order chi connectivity index (χ0) is 27.3. The number of halogens is 1. The average molecular weight is 525 g/mol. The van der Waals surface area contributed by atoms with Crippen molar-refractivity contribution in [1.82, 2.24) is 24.9 Å². The summed E-state index contributed by atoms with van der Waals surface area (Å²) in [5, 5.41) is 32.3. The molecule has 10 heteroatoms. The zero-order valence-electron chi connectivity index (χ0n) is 22.3. The van der Waals surface area contributed by atoms with Gasteiger partial charge in [0.1, 0.15) is 11.4 Å². The number of aliphatic hydroxyl groups is 2. The summed E-state index contributed by atoms with van der Waals surface area (Å²) in [6.45, 7) is 9.79. The van der Waals surface area contributed by atoms with E-state index in [0.29, 0.717) is 18.1 Å². The minimum absolute atomic E-state index is 0.0528. The van der Waals surface area contributed by atoms with Crippen LogP contribution in [0.4, 0.5) is 4.39 Å². The molecule has 1 aliphatic carbocycles. The Balaban J connectivity index is 1.61. The van der Waals surface area contributed by atoms with Crippen LogP contribution in [-0.4, -0.2) is 61.3 Å². The van der Waals surface area contributed by atoms with Crippen molar-refractivity contribution < 1.29 is 19.3 Å². The van der Waals surface area contributed by atoms with Crippen LogP contribution >= 0.6 is 0 Å².